The van der Waals surface area contributed by atoms with Crippen molar-refractivity contribution in [3.05, 3.63) is 70.9 Å². The van der Waals surface area contributed by atoms with Gasteiger partial charge in [-0.1, -0.05) is 17.7 Å². The van der Waals surface area contributed by atoms with E-state index in [1.54, 1.807) is 30.3 Å². The minimum Gasteiger partial charge on any atom is -0.366 e. The van der Waals surface area contributed by atoms with Crippen LogP contribution in [0.25, 0.3) is 10.9 Å². The van der Waals surface area contributed by atoms with Gasteiger partial charge in [-0.3, -0.25) is 14.6 Å². The highest BCUT2D eigenvalue weighted by molar-refractivity contribution is 6.12. The van der Waals surface area contributed by atoms with E-state index in [4.69, 9.17) is 5.73 Å². The van der Waals surface area contributed by atoms with Crippen LogP contribution in [0.15, 0.2) is 48.5 Å². The number of aromatic nitrogens is 1. The maximum atomic E-state index is 12.7. The summed E-state index contributed by atoms with van der Waals surface area (Å²) in [5.74, 6) is -0.787. The standard InChI is InChI=1S/C19H17N3O2/c1-11-6-7-17-15(8-11)16(9-12(2)21-17)19(24)22-14-5-3-4-13(10-14)18(20)23/h3-10H,1-2H3,(H2,20,23)(H,22,24). The number of nitrogens with one attached hydrogen (secondary N) is 1. The molecular weight excluding hydrogens is 302 g/mol. The Balaban J connectivity index is 2.01. The molecule has 120 valence electrons. The van der Waals surface area contributed by atoms with E-state index in [0.717, 1.165) is 22.2 Å². The van der Waals surface area contributed by atoms with Gasteiger partial charge in [0.05, 0.1) is 11.1 Å². The van der Waals surface area contributed by atoms with E-state index >= 15 is 0 Å². The first-order valence-corrected chi connectivity index (χ1v) is 7.53. The molecule has 24 heavy (non-hydrogen) atoms. The van der Waals surface area contributed by atoms with Crippen LogP contribution in [0.3, 0.4) is 0 Å². The first-order valence-electron chi connectivity index (χ1n) is 7.53. The Hall–Kier alpha value is -3.21. The van der Waals surface area contributed by atoms with Gasteiger partial charge in [-0.25, -0.2) is 0 Å². The fourth-order valence-electron chi connectivity index (χ4n) is 2.61. The molecule has 0 atom stereocenters. The number of carbonyl (C=O) groups excluding carboxylic acids is 2. The molecule has 3 aromatic rings. The third kappa shape index (κ3) is 3.10. The molecule has 0 fully saturated rings. The third-order valence-electron chi connectivity index (χ3n) is 3.74. The van der Waals surface area contributed by atoms with E-state index in [-0.39, 0.29) is 5.91 Å². The first kappa shape index (κ1) is 15.7. The molecule has 0 bridgehead atoms. The molecule has 2 amide bonds. The number of anilines is 1. The fourth-order valence-corrected chi connectivity index (χ4v) is 2.61. The van der Waals surface area contributed by atoms with Gasteiger partial charge in [0.15, 0.2) is 0 Å². The smallest absolute Gasteiger partial charge is 0.256 e. The maximum absolute atomic E-state index is 12.7. The molecular formula is C19H17N3O2. The number of benzene rings is 2. The zero-order chi connectivity index (χ0) is 17.3. The van der Waals surface area contributed by atoms with Crippen molar-refractivity contribution >= 4 is 28.4 Å². The Bertz CT molecular complexity index is 964. The molecule has 0 aliphatic carbocycles. The largest absolute Gasteiger partial charge is 0.366 e. The van der Waals surface area contributed by atoms with Crippen molar-refractivity contribution in [1.29, 1.82) is 0 Å². The Morgan fingerprint density at radius 3 is 2.58 bits per heavy atom. The number of fused-ring (bicyclic) bond motifs is 1. The summed E-state index contributed by atoms with van der Waals surface area (Å²) >= 11 is 0. The van der Waals surface area contributed by atoms with Gasteiger partial charge in [-0.2, -0.15) is 0 Å². The average Bonchev–Trinajstić information content (AvgIpc) is 2.54. The van der Waals surface area contributed by atoms with Gasteiger partial charge in [0, 0.05) is 22.3 Å². The summed E-state index contributed by atoms with van der Waals surface area (Å²) in [7, 11) is 0. The molecule has 0 spiro atoms. The predicted octanol–water partition coefficient (Wildman–Crippen LogP) is 3.20. The van der Waals surface area contributed by atoms with Crippen molar-refractivity contribution in [2.24, 2.45) is 5.73 Å². The second-order valence-corrected chi connectivity index (χ2v) is 5.73. The lowest BCUT2D eigenvalue weighted by Crippen LogP contribution is -2.15. The van der Waals surface area contributed by atoms with Crippen molar-refractivity contribution < 1.29 is 9.59 Å². The Labute approximate surface area is 139 Å². The maximum Gasteiger partial charge on any atom is 0.256 e. The normalized spacial score (nSPS) is 10.6. The van der Waals surface area contributed by atoms with Crippen LogP contribution >= 0.6 is 0 Å². The number of carbonyl (C=O) groups is 2. The summed E-state index contributed by atoms with van der Waals surface area (Å²) < 4.78 is 0. The van der Waals surface area contributed by atoms with Crippen molar-refractivity contribution in [2.75, 3.05) is 5.32 Å². The van der Waals surface area contributed by atoms with Crippen molar-refractivity contribution in [1.82, 2.24) is 4.98 Å². The summed E-state index contributed by atoms with van der Waals surface area (Å²) in [5, 5.41) is 3.61. The summed E-state index contributed by atoms with van der Waals surface area (Å²) in [5.41, 5.74) is 9.28. The fraction of sp³-hybridized carbons (Fsp3) is 0.105. The number of hydrogen-bond donors (Lipinski definition) is 2. The summed E-state index contributed by atoms with van der Waals surface area (Å²) in [6.45, 7) is 3.82. The van der Waals surface area contributed by atoms with Crippen LogP contribution in [0.1, 0.15) is 32.0 Å². The van der Waals surface area contributed by atoms with Crippen LogP contribution in [0, 0.1) is 13.8 Å². The SMILES string of the molecule is Cc1ccc2nc(C)cc(C(=O)Nc3cccc(C(N)=O)c3)c2c1. The number of aryl methyl sites for hydroxylation is 2. The van der Waals surface area contributed by atoms with Crippen molar-refractivity contribution in [3.8, 4) is 0 Å². The minimum atomic E-state index is -0.535. The molecule has 0 aliphatic rings. The molecule has 2 aromatic carbocycles. The molecule has 3 rings (SSSR count). The number of nitrogens with two attached hydrogens (primary N) is 1. The van der Waals surface area contributed by atoms with Gasteiger partial charge >= 0.3 is 0 Å². The first-order chi connectivity index (χ1) is 11.4. The highest BCUT2D eigenvalue weighted by Gasteiger charge is 2.13. The van der Waals surface area contributed by atoms with E-state index < -0.39 is 5.91 Å². The Morgan fingerprint density at radius 1 is 1.04 bits per heavy atom. The van der Waals surface area contributed by atoms with Gasteiger partial charge in [0.1, 0.15) is 0 Å². The minimum absolute atomic E-state index is 0.252. The van der Waals surface area contributed by atoms with E-state index in [1.807, 2.05) is 32.0 Å². The topological polar surface area (TPSA) is 85.1 Å². The monoisotopic (exact) mass is 319 g/mol. The van der Waals surface area contributed by atoms with E-state index in [2.05, 4.69) is 10.3 Å². The molecule has 3 N–H and O–H groups in total. The van der Waals surface area contributed by atoms with Crippen LogP contribution in [0.5, 0.6) is 0 Å². The van der Waals surface area contributed by atoms with Gasteiger partial charge in [-0.05, 0) is 50.2 Å². The Morgan fingerprint density at radius 2 is 1.83 bits per heavy atom. The number of pyridine rings is 1. The second kappa shape index (κ2) is 6.12. The molecule has 0 aliphatic heterocycles. The predicted molar refractivity (Wildman–Crippen MR) is 94.1 cm³/mol. The van der Waals surface area contributed by atoms with Crippen LogP contribution in [0.2, 0.25) is 0 Å². The molecule has 0 saturated carbocycles. The molecule has 5 nitrogen and oxygen atoms in total. The van der Waals surface area contributed by atoms with E-state index in [1.165, 1.54) is 0 Å². The van der Waals surface area contributed by atoms with Crippen LogP contribution in [0.4, 0.5) is 5.69 Å². The number of hydrogen-bond acceptors (Lipinski definition) is 3. The van der Waals surface area contributed by atoms with Gasteiger partial charge in [0.2, 0.25) is 5.91 Å². The van der Waals surface area contributed by atoms with Crippen LogP contribution < -0.4 is 11.1 Å². The molecule has 0 radical (unpaired) electrons. The highest BCUT2D eigenvalue weighted by atomic mass is 16.2. The second-order valence-electron chi connectivity index (χ2n) is 5.73. The quantitative estimate of drug-likeness (QED) is 0.777. The van der Waals surface area contributed by atoms with Gasteiger partial charge in [0.25, 0.3) is 5.91 Å². The molecule has 1 heterocycles. The molecule has 5 heteroatoms. The zero-order valence-electron chi connectivity index (χ0n) is 13.5. The number of nitrogens with zero attached hydrogens (tertiary/aromatic N) is 1. The Kier molecular flexibility index (Phi) is 4.00. The van der Waals surface area contributed by atoms with Crippen molar-refractivity contribution in [3.63, 3.8) is 0 Å². The molecule has 1 aromatic heterocycles. The highest BCUT2D eigenvalue weighted by Crippen LogP contribution is 2.21. The third-order valence-corrected chi connectivity index (χ3v) is 3.74. The van der Waals surface area contributed by atoms with E-state index in [9.17, 15) is 9.59 Å². The van der Waals surface area contributed by atoms with Crippen molar-refractivity contribution in [2.45, 2.75) is 13.8 Å². The zero-order valence-corrected chi connectivity index (χ0v) is 13.5. The summed E-state index contributed by atoms with van der Waals surface area (Å²) in [4.78, 5) is 28.4. The number of rotatable bonds is 3. The van der Waals surface area contributed by atoms with E-state index in [0.29, 0.717) is 16.8 Å². The average molecular weight is 319 g/mol. The number of amides is 2. The lowest BCUT2D eigenvalue weighted by atomic mass is 10.0. The van der Waals surface area contributed by atoms with Gasteiger partial charge < -0.3 is 11.1 Å². The molecule has 0 saturated heterocycles. The summed E-state index contributed by atoms with van der Waals surface area (Å²) in [6, 6.07) is 14.1. The lowest BCUT2D eigenvalue weighted by Gasteiger charge is -2.10. The lowest BCUT2D eigenvalue weighted by molar-refractivity contribution is 0.0996. The molecule has 0 unspecified atom stereocenters. The number of primary amides is 1. The van der Waals surface area contributed by atoms with Gasteiger partial charge in [-0.15, -0.1) is 0 Å². The van der Waals surface area contributed by atoms with Crippen LogP contribution in [-0.4, -0.2) is 16.8 Å². The van der Waals surface area contributed by atoms with Crippen LogP contribution in [-0.2, 0) is 0 Å². The summed E-state index contributed by atoms with van der Waals surface area (Å²) in [6.07, 6.45) is 0.